The smallest absolute Gasteiger partial charge is 0.324 e. The lowest BCUT2D eigenvalue weighted by Crippen LogP contribution is -2.33. The highest BCUT2D eigenvalue weighted by Gasteiger charge is 2.33. The number of carbonyl (C=O) groups is 4. The Labute approximate surface area is 151 Å². The number of imide groups is 1. The van der Waals surface area contributed by atoms with Gasteiger partial charge >= 0.3 is 6.03 Å². The quantitative estimate of drug-likeness (QED) is 0.779. The first-order valence-electron chi connectivity index (χ1n) is 8.72. The fourth-order valence-electron chi connectivity index (χ4n) is 3.22. The van der Waals surface area contributed by atoms with Crippen molar-refractivity contribution in [2.45, 2.75) is 25.7 Å². The Balaban J connectivity index is 1.55. The molecule has 2 heterocycles. The van der Waals surface area contributed by atoms with Gasteiger partial charge in [-0.05, 0) is 25.0 Å². The number of anilines is 2. The monoisotopic (exact) mass is 358 g/mol. The SMILES string of the molecule is CN1CC(=O)N(CCCC(=O)Nc2ccccc2N2CCCC2=O)C1=O. The average molecular weight is 358 g/mol. The summed E-state index contributed by atoms with van der Waals surface area (Å²) in [6, 6.07) is 6.89. The Morgan fingerprint density at radius 1 is 1.15 bits per heavy atom. The number of benzene rings is 1. The normalized spacial score (nSPS) is 17.4. The van der Waals surface area contributed by atoms with E-state index in [1.54, 1.807) is 24.1 Å². The zero-order valence-electron chi connectivity index (χ0n) is 14.7. The van der Waals surface area contributed by atoms with Crippen LogP contribution in [0.5, 0.6) is 0 Å². The molecule has 0 bridgehead atoms. The molecular weight excluding hydrogens is 336 g/mol. The third-order valence-electron chi connectivity index (χ3n) is 4.56. The van der Waals surface area contributed by atoms with Crippen molar-refractivity contribution < 1.29 is 19.2 Å². The fourth-order valence-corrected chi connectivity index (χ4v) is 3.22. The number of rotatable bonds is 6. The van der Waals surface area contributed by atoms with Gasteiger partial charge in [-0.25, -0.2) is 4.79 Å². The molecule has 1 aromatic carbocycles. The molecule has 138 valence electrons. The number of nitrogens with zero attached hydrogens (tertiary/aromatic N) is 3. The molecule has 0 atom stereocenters. The standard InChI is InChI=1S/C18H22N4O4/c1-20-12-17(25)22(18(20)26)11-4-8-15(23)19-13-6-2-3-7-14(13)21-10-5-9-16(21)24/h2-3,6-7H,4-5,8-12H2,1H3,(H,19,23). The Morgan fingerprint density at radius 2 is 1.92 bits per heavy atom. The molecule has 2 saturated heterocycles. The molecule has 8 nitrogen and oxygen atoms in total. The molecule has 8 heteroatoms. The van der Waals surface area contributed by atoms with Crippen LogP contribution in [0.4, 0.5) is 16.2 Å². The second-order valence-corrected chi connectivity index (χ2v) is 6.50. The van der Waals surface area contributed by atoms with Gasteiger partial charge in [0.05, 0.1) is 11.4 Å². The molecule has 2 fully saturated rings. The first-order chi connectivity index (χ1) is 12.5. The van der Waals surface area contributed by atoms with Crippen LogP contribution in [0.2, 0.25) is 0 Å². The second-order valence-electron chi connectivity index (χ2n) is 6.50. The van der Waals surface area contributed by atoms with Crippen molar-refractivity contribution in [3.63, 3.8) is 0 Å². The molecule has 1 aromatic rings. The molecule has 3 rings (SSSR count). The summed E-state index contributed by atoms with van der Waals surface area (Å²) in [5.41, 5.74) is 1.30. The zero-order valence-corrected chi connectivity index (χ0v) is 14.7. The maximum absolute atomic E-state index is 12.2. The van der Waals surface area contributed by atoms with Gasteiger partial charge in [-0.2, -0.15) is 0 Å². The lowest BCUT2D eigenvalue weighted by Gasteiger charge is -2.20. The van der Waals surface area contributed by atoms with Crippen molar-refractivity contribution >= 4 is 35.1 Å². The summed E-state index contributed by atoms with van der Waals surface area (Å²) in [5, 5.41) is 2.83. The van der Waals surface area contributed by atoms with Crippen LogP contribution in [0.25, 0.3) is 0 Å². The maximum atomic E-state index is 12.2. The van der Waals surface area contributed by atoms with E-state index < -0.39 is 0 Å². The number of hydrogen-bond donors (Lipinski definition) is 1. The first-order valence-corrected chi connectivity index (χ1v) is 8.72. The van der Waals surface area contributed by atoms with Gasteiger partial charge in [0.2, 0.25) is 17.7 Å². The lowest BCUT2D eigenvalue weighted by molar-refractivity contribution is -0.125. The Kier molecular flexibility index (Phi) is 5.20. The second kappa shape index (κ2) is 7.55. The highest BCUT2D eigenvalue weighted by atomic mass is 16.2. The van der Waals surface area contributed by atoms with Crippen LogP contribution in [-0.2, 0) is 14.4 Å². The van der Waals surface area contributed by atoms with Crippen LogP contribution in [0, 0.1) is 0 Å². The van der Waals surface area contributed by atoms with Crippen LogP contribution >= 0.6 is 0 Å². The van der Waals surface area contributed by atoms with Crippen LogP contribution in [-0.4, -0.2) is 60.2 Å². The summed E-state index contributed by atoms with van der Waals surface area (Å²) in [6.07, 6.45) is 1.91. The minimum absolute atomic E-state index is 0.0573. The molecule has 0 saturated carbocycles. The molecule has 0 unspecified atom stereocenters. The van der Waals surface area contributed by atoms with E-state index in [4.69, 9.17) is 0 Å². The predicted octanol–water partition coefficient (Wildman–Crippen LogP) is 1.43. The van der Waals surface area contributed by atoms with Crippen LogP contribution < -0.4 is 10.2 Å². The highest BCUT2D eigenvalue weighted by Crippen LogP contribution is 2.29. The summed E-state index contributed by atoms with van der Waals surface area (Å²) < 4.78 is 0. The number of hydrogen-bond acceptors (Lipinski definition) is 4. The van der Waals surface area contributed by atoms with Gasteiger partial charge in [-0.3, -0.25) is 19.3 Å². The number of urea groups is 1. The molecule has 0 radical (unpaired) electrons. The van der Waals surface area contributed by atoms with Crippen molar-refractivity contribution in [2.75, 3.05) is 36.9 Å². The van der Waals surface area contributed by atoms with E-state index in [1.807, 2.05) is 12.1 Å². The van der Waals surface area contributed by atoms with E-state index in [2.05, 4.69) is 5.32 Å². The predicted molar refractivity (Wildman–Crippen MR) is 95.6 cm³/mol. The Morgan fingerprint density at radius 3 is 2.58 bits per heavy atom. The molecule has 5 amide bonds. The summed E-state index contributed by atoms with van der Waals surface area (Å²) in [6.45, 7) is 0.961. The van der Waals surface area contributed by atoms with Crippen LogP contribution in [0.15, 0.2) is 24.3 Å². The molecular formula is C18H22N4O4. The molecule has 0 aromatic heterocycles. The summed E-state index contributed by atoms with van der Waals surface area (Å²) in [4.78, 5) is 51.9. The number of amides is 5. The molecule has 26 heavy (non-hydrogen) atoms. The van der Waals surface area contributed by atoms with E-state index in [9.17, 15) is 19.2 Å². The highest BCUT2D eigenvalue weighted by molar-refractivity contribution is 6.03. The average Bonchev–Trinajstić information content (AvgIpc) is 3.13. The maximum Gasteiger partial charge on any atom is 0.326 e. The topological polar surface area (TPSA) is 90.0 Å². The van der Waals surface area contributed by atoms with Gasteiger partial charge in [0.1, 0.15) is 6.54 Å². The minimum atomic E-state index is -0.326. The van der Waals surface area contributed by atoms with Crippen molar-refractivity contribution in [1.29, 1.82) is 0 Å². The molecule has 2 aliphatic rings. The van der Waals surface area contributed by atoms with Crippen molar-refractivity contribution in [1.82, 2.24) is 9.80 Å². The van der Waals surface area contributed by atoms with E-state index in [1.165, 1.54) is 9.80 Å². The van der Waals surface area contributed by atoms with Gasteiger partial charge in [-0.1, -0.05) is 12.1 Å². The van der Waals surface area contributed by atoms with E-state index in [-0.39, 0.29) is 43.3 Å². The van der Waals surface area contributed by atoms with Crippen molar-refractivity contribution in [3.05, 3.63) is 24.3 Å². The van der Waals surface area contributed by atoms with Crippen LogP contribution in [0.1, 0.15) is 25.7 Å². The summed E-state index contributed by atoms with van der Waals surface area (Å²) in [7, 11) is 1.57. The number of nitrogens with one attached hydrogen (secondary N) is 1. The van der Waals surface area contributed by atoms with E-state index >= 15 is 0 Å². The molecule has 1 N–H and O–H groups in total. The Bertz CT molecular complexity index is 748. The number of likely N-dealkylation sites (N-methyl/N-ethyl adjacent to an activating group) is 1. The first kappa shape index (κ1) is 17.9. The minimum Gasteiger partial charge on any atom is -0.324 e. The summed E-state index contributed by atoms with van der Waals surface area (Å²) in [5.74, 6) is -0.394. The van der Waals surface area contributed by atoms with Gasteiger partial charge in [-0.15, -0.1) is 0 Å². The Hall–Kier alpha value is -2.90. The van der Waals surface area contributed by atoms with Gasteiger partial charge in [0.15, 0.2) is 0 Å². The van der Waals surface area contributed by atoms with Crippen LogP contribution in [0.3, 0.4) is 0 Å². The number of carbonyl (C=O) groups excluding carboxylic acids is 4. The fraction of sp³-hybridized carbons (Fsp3) is 0.444. The molecule has 0 spiro atoms. The number of para-hydroxylation sites is 2. The third-order valence-corrected chi connectivity index (χ3v) is 4.56. The molecule has 0 aliphatic carbocycles. The molecule has 2 aliphatic heterocycles. The lowest BCUT2D eigenvalue weighted by atomic mass is 10.2. The summed E-state index contributed by atoms with van der Waals surface area (Å²) >= 11 is 0. The van der Waals surface area contributed by atoms with Crippen molar-refractivity contribution in [3.8, 4) is 0 Å². The largest absolute Gasteiger partial charge is 0.326 e. The van der Waals surface area contributed by atoms with Gasteiger partial charge < -0.3 is 15.1 Å². The van der Waals surface area contributed by atoms with Gasteiger partial charge in [0.25, 0.3) is 0 Å². The van der Waals surface area contributed by atoms with E-state index in [0.717, 1.165) is 6.42 Å². The van der Waals surface area contributed by atoms with Crippen molar-refractivity contribution in [2.24, 2.45) is 0 Å². The third kappa shape index (κ3) is 3.68. The van der Waals surface area contributed by atoms with E-state index in [0.29, 0.717) is 30.8 Å². The van der Waals surface area contributed by atoms with Gasteiger partial charge in [0, 0.05) is 33.0 Å². The zero-order chi connectivity index (χ0) is 18.7.